The van der Waals surface area contributed by atoms with Crippen molar-refractivity contribution in [2.45, 2.75) is 27.2 Å². The molecule has 0 amide bonds. The van der Waals surface area contributed by atoms with Crippen molar-refractivity contribution in [1.82, 2.24) is 4.90 Å². The molecule has 0 rings (SSSR count). The van der Waals surface area contributed by atoms with Crippen molar-refractivity contribution in [1.29, 1.82) is 0 Å². The molecule has 60 valence electrons. The van der Waals surface area contributed by atoms with Gasteiger partial charge in [0.15, 0.2) is 0 Å². The highest BCUT2D eigenvalue weighted by Crippen LogP contribution is 2.10. The van der Waals surface area contributed by atoms with Gasteiger partial charge < -0.3 is 4.90 Å². The Balaban J connectivity index is 3.71. The summed E-state index contributed by atoms with van der Waals surface area (Å²) in [6.07, 6.45) is 1.20. The van der Waals surface area contributed by atoms with Crippen LogP contribution in [0.4, 0.5) is 0 Å². The molecule has 10 heavy (non-hydrogen) atoms. The maximum atomic E-state index is 4.00. The molecule has 0 aliphatic rings. The van der Waals surface area contributed by atoms with Gasteiger partial charge in [0.2, 0.25) is 0 Å². The Kier molecular flexibility index (Phi) is 4.17. The van der Waals surface area contributed by atoms with Crippen LogP contribution in [0.15, 0.2) is 12.3 Å². The third-order valence-corrected chi connectivity index (χ3v) is 1.72. The normalized spacial score (nSPS) is 10.1. The van der Waals surface area contributed by atoms with E-state index in [1.807, 2.05) is 0 Å². The van der Waals surface area contributed by atoms with E-state index in [-0.39, 0.29) is 0 Å². The first-order chi connectivity index (χ1) is 4.59. The second-order valence-corrected chi connectivity index (χ2v) is 3.07. The molecule has 0 aromatic heterocycles. The molecule has 1 nitrogen and oxygen atoms in total. The van der Waals surface area contributed by atoms with Gasteiger partial charge in [-0.25, -0.2) is 0 Å². The third kappa shape index (κ3) is 2.90. The fourth-order valence-electron chi connectivity index (χ4n) is 0.920. The molecule has 0 aromatic carbocycles. The van der Waals surface area contributed by atoms with Crippen molar-refractivity contribution in [3.8, 4) is 0 Å². The van der Waals surface area contributed by atoms with Crippen LogP contribution in [-0.2, 0) is 0 Å². The highest BCUT2D eigenvalue weighted by Gasteiger charge is 2.03. The summed E-state index contributed by atoms with van der Waals surface area (Å²) < 4.78 is 0. The first-order valence-electron chi connectivity index (χ1n) is 3.99. The van der Waals surface area contributed by atoms with Gasteiger partial charge in [0.1, 0.15) is 0 Å². The summed E-state index contributed by atoms with van der Waals surface area (Å²) in [6.45, 7) is 11.7. The standard InChI is InChI=1S/C9H19N/c1-6-7-10(5)9(4)8(2)3/h8H,4,6-7H2,1-3,5H3. The van der Waals surface area contributed by atoms with E-state index < -0.39 is 0 Å². The van der Waals surface area contributed by atoms with Crippen molar-refractivity contribution in [3.05, 3.63) is 12.3 Å². The molecule has 1 heteroatoms. The molecular formula is C9H19N. The molecule has 0 aliphatic heterocycles. The molecule has 0 spiro atoms. The quantitative estimate of drug-likeness (QED) is 0.581. The van der Waals surface area contributed by atoms with Crippen LogP contribution in [0.3, 0.4) is 0 Å². The Morgan fingerprint density at radius 2 is 2.00 bits per heavy atom. The van der Waals surface area contributed by atoms with Gasteiger partial charge >= 0.3 is 0 Å². The zero-order chi connectivity index (χ0) is 8.15. The highest BCUT2D eigenvalue weighted by molar-refractivity contribution is 4.95. The minimum Gasteiger partial charge on any atom is -0.378 e. The monoisotopic (exact) mass is 141 g/mol. The summed E-state index contributed by atoms with van der Waals surface area (Å²) >= 11 is 0. The van der Waals surface area contributed by atoms with E-state index in [4.69, 9.17) is 0 Å². The predicted molar refractivity (Wildman–Crippen MR) is 46.9 cm³/mol. The van der Waals surface area contributed by atoms with Crippen LogP contribution in [0.25, 0.3) is 0 Å². The smallest absolute Gasteiger partial charge is 0.0169 e. The van der Waals surface area contributed by atoms with Gasteiger partial charge in [0.25, 0.3) is 0 Å². The number of hydrogen-bond donors (Lipinski definition) is 0. The lowest BCUT2D eigenvalue weighted by Crippen LogP contribution is -2.20. The minimum absolute atomic E-state index is 0.580. The zero-order valence-electron chi connectivity index (χ0n) is 7.65. The molecule has 0 atom stereocenters. The molecule has 0 bridgehead atoms. The van der Waals surface area contributed by atoms with E-state index in [1.165, 1.54) is 12.1 Å². The second-order valence-electron chi connectivity index (χ2n) is 3.07. The van der Waals surface area contributed by atoms with Crippen molar-refractivity contribution < 1.29 is 0 Å². The van der Waals surface area contributed by atoms with Gasteiger partial charge in [0, 0.05) is 19.3 Å². The fraction of sp³-hybridized carbons (Fsp3) is 0.778. The first kappa shape index (κ1) is 9.54. The van der Waals surface area contributed by atoms with Gasteiger partial charge in [-0.3, -0.25) is 0 Å². The minimum atomic E-state index is 0.580. The van der Waals surface area contributed by atoms with Crippen LogP contribution in [0.2, 0.25) is 0 Å². The average molecular weight is 141 g/mol. The number of nitrogens with zero attached hydrogens (tertiary/aromatic N) is 1. The lowest BCUT2D eigenvalue weighted by atomic mass is 10.1. The molecule has 0 aromatic rings. The number of hydrogen-bond acceptors (Lipinski definition) is 1. The molecule has 0 radical (unpaired) electrons. The molecule has 0 saturated carbocycles. The van der Waals surface area contributed by atoms with Gasteiger partial charge in [0.05, 0.1) is 0 Å². The number of allylic oxidation sites excluding steroid dienone is 1. The Bertz CT molecular complexity index is 105. The van der Waals surface area contributed by atoms with Crippen molar-refractivity contribution >= 4 is 0 Å². The Labute approximate surface area is 64.7 Å². The third-order valence-electron chi connectivity index (χ3n) is 1.72. The number of rotatable bonds is 4. The van der Waals surface area contributed by atoms with Gasteiger partial charge in [-0.2, -0.15) is 0 Å². The lowest BCUT2D eigenvalue weighted by Gasteiger charge is -2.23. The van der Waals surface area contributed by atoms with Crippen LogP contribution in [-0.4, -0.2) is 18.5 Å². The Morgan fingerprint density at radius 3 is 2.30 bits per heavy atom. The summed E-state index contributed by atoms with van der Waals surface area (Å²) in [5.74, 6) is 0.580. The average Bonchev–Trinajstić information content (AvgIpc) is 1.87. The molecule has 0 fully saturated rings. The maximum Gasteiger partial charge on any atom is 0.0169 e. The lowest BCUT2D eigenvalue weighted by molar-refractivity contribution is 0.376. The largest absolute Gasteiger partial charge is 0.378 e. The molecule has 0 N–H and O–H groups in total. The first-order valence-corrected chi connectivity index (χ1v) is 3.99. The van der Waals surface area contributed by atoms with E-state index in [9.17, 15) is 0 Å². The SMILES string of the molecule is C=C(C(C)C)N(C)CCC. The Morgan fingerprint density at radius 1 is 1.50 bits per heavy atom. The molecule has 0 saturated heterocycles. The van der Waals surface area contributed by atoms with Crippen molar-refractivity contribution in [3.63, 3.8) is 0 Å². The van der Waals surface area contributed by atoms with E-state index in [1.54, 1.807) is 0 Å². The van der Waals surface area contributed by atoms with Crippen molar-refractivity contribution in [2.24, 2.45) is 5.92 Å². The summed E-state index contributed by atoms with van der Waals surface area (Å²) in [7, 11) is 2.10. The predicted octanol–water partition coefficient (Wildman–Crippen LogP) is 2.50. The summed E-state index contributed by atoms with van der Waals surface area (Å²) in [4.78, 5) is 2.23. The van der Waals surface area contributed by atoms with Crippen molar-refractivity contribution in [2.75, 3.05) is 13.6 Å². The van der Waals surface area contributed by atoms with E-state index in [0.717, 1.165) is 6.54 Å². The van der Waals surface area contributed by atoms with E-state index in [0.29, 0.717) is 5.92 Å². The van der Waals surface area contributed by atoms with Crippen LogP contribution < -0.4 is 0 Å². The van der Waals surface area contributed by atoms with Gasteiger partial charge in [-0.1, -0.05) is 27.4 Å². The molecule has 0 unspecified atom stereocenters. The topological polar surface area (TPSA) is 3.24 Å². The summed E-state index contributed by atoms with van der Waals surface area (Å²) in [6, 6.07) is 0. The second kappa shape index (κ2) is 4.37. The zero-order valence-corrected chi connectivity index (χ0v) is 7.65. The fourth-order valence-corrected chi connectivity index (χ4v) is 0.920. The van der Waals surface area contributed by atoms with Crippen LogP contribution >= 0.6 is 0 Å². The Hall–Kier alpha value is -0.460. The van der Waals surface area contributed by atoms with Gasteiger partial charge in [-0.15, -0.1) is 0 Å². The molecular weight excluding hydrogens is 122 g/mol. The molecule has 0 heterocycles. The van der Waals surface area contributed by atoms with E-state index >= 15 is 0 Å². The summed E-state index contributed by atoms with van der Waals surface area (Å²) in [5.41, 5.74) is 1.24. The van der Waals surface area contributed by atoms with Crippen LogP contribution in [0.5, 0.6) is 0 Å². The van der Waals surface area contributed by atoms with Crippen LogP contribution in [0, 0.1) is 5.92 Å². The highest BCUT2D eigenvalue weighted by atomic mass is 15.1. The summed E-state index contributed by atoms with van der Waals surface area (Å²) in [5, 5.41) is 0. The maximum absolute atomic E-state index is 4.00. The van der Waals surface area contributed by atoms with E-state index in [2.05, 4.69) is 39.3 Å². The van der Waals surface area contributed by atoms with Gasteiger partial charge in [-0.05, 0) is 12.3 Å². The van der Waals surface area contributed by atoms with Crippen LogP contribution in [0.1, 0.15) is 27.2 Å². The molecule has 0 aliphatic carbocycles.